The van der Waals surface area contributed by atoms with Crippen LogP contribution in [0.25, 0.3) is 22.2 Å². The van der Waals surface area contributed by atoms with Gasteiger partial charge in [0.1, 0.15) is 12.4 Å². The minimum Gasteiger partial charge on any atom is -0.492 e. The lowest BCUT2D eigenvalue weighted by atomic mass is 9.95. The predicted octanol–water partition coefficient (Wildman–Crippen LogP) is 5.30. The van der Waals surface area contributed by atoms with Gasteiger partial charge in [-0.2, -0.15) is 13.9 Å². The molecular weight excluding hydrogens is 488 g/mol. The van der Waals surface area contributed by atoms with Crippen molar-refractivity contribution < 1.29 is 18.3 Å². The predicted molar refractivity (Wildman–Crippen MR) is 140 cm³/mol. The van der Waals surface area contributed by atoms with Gasteiger partial charge in [-0.3, -0.25) is 14.7 Å². The number of nitrogens with zero attached hydrogens (tertiary/aromatic N) is 4. The zero-order valence-corrected chi connectivity index (χ0v) is 21.3. The Hall–Kier alpha value is -3.85. The van der Waals surface area contributed by atoms with Crippen LogP contribution in [0.4, 0.5) is 8.78 Å². The summed E-state index contributed by atoms with van der Waals surface area (Å²) in [6, 6.07) is 15.2. The van der Waals surface area contributed by atoms with Gasteiger partial charge in [-0.25, -0.2) is 4.68 Å². The van der Waals surface area contributed by atoms with Crippen LogP contribution in [0.1, 0.15) is 47.3 Å². The molecule has 2 aromatic heterocycles. The van der Waals surface area contributed by atoms with Crippen molar-refractivity contribution in [3.8, 4) is 17.0 Å². The van der Waals surface area contributed by atoms with E-state index < -0.39 is 12.1 Å². The summed E-state index contributed by atoms with van der Waals surface area (Å²) in [5.74, 6) is 0.507. The second kappa shape index (κ2) is 9.47. The van der Waals surface area contributed by atoms with Gasteiger partial charge in [0, 0.05) is 34.9 Å². The van der Waals surface area contributed by atoms with Crippen molar-refractivity contribution in [2.24, 2.45) is 0 Å². The summed E-state index contributed by atoms with van der Waals surface area (Å²) in [6.45, 7) is 0.875. The highest BCUT2D eigenvalue weighted by Gasteiger charge is 2.47. The van der Waals surface area contributed by atoms with E-state index in [-0.39, 0.29) is 5.91 Å². The summed E-state index contributed by atoms with van der Waals surface area (Å²) < 4.78 is 32.9. The number of carbonyl (C=O) groups is 1. The van der Waals surface area contributed by atoms with Gasteiger partial charge in [0.05, 0.1) is 16.7 Å². The summed E-state index contributed by atoms with van der Waals surface area (Å²) in [6.07, 6.45) is 5.60. The number of nitrogens with one attached hydrogen (secondary N) is 1. The Balaban J connectivity index is 1.30. The number of amides is 1. The summed E-state index contributed by atoms with van der Waals surface area (Å²) in [5.41, 5.74) is 3.61. The largest absolute Gasteiger partial charge is 0.492 e. The maximum absolute atomic E-state index is 13.6. The smallest absolute Gasteiger partial charge is 0.333 e. The van der Waals surface area contributed by atoms with Gasteiger partial charge >= 0.3 is 6.55 Å². The van der Waals surface area contributed by atoms with E-state index in [4.69, 9.17) is 4.74 Å². The zero-order valence-electron chi connectivity index (χ0n) is 21.3. The molecule has 0 unspecified atom stereocenters. The van der Waals surface area contributed by atoms with E-state index in [1.807, 2.05) is 49.4 Å². The molecule has 6 rings (SSSR count). The second-order valence-corrected chi connectivity index (χ2v) is 10.3. The SMILES string of the molecule is Cc1ccc(OC[C@@H]2CCN2C)cc1C(=O)NC1(c2cc(-c3ccn(C(F)F)n3)cc3ncccc23)CC1. The van der Waals surface area contributed by atoms with Gasteiger partial charge in [-0.05, 0) is 87.3 Å². The highest BCUT2D eigenvalue weighted by molar-refractivity contribution is 5.98. The molecule has 196 valence electrons. The van der Waals surface area contributed by atoms with Crippen molar-refractivity contribution in [2.45, 2.75) is 44.3 Å². The number of fused-ring (bicyclic) bond motifs is 1. The number of halogens is 2. The molecule has 0 radical (unpaired) electrons. The Morgan fingerprint density at radius 3 is 2.74 bits per heavy atom. The van der Waals surface area contributed by atoms with Crippen molar-refractivity contribution in [1.82, 2.24) is 25.0 Å². The lowest BCUT2D eigenvalue weighted by Crippen LogP contribution is -2.48. The normalized spacial score (nSPS) is 18.4. The molecule has 1 atom stereocenters. The van der Waals surface area contributed by atoms with Crippen molar-refractivity contribution in [3.05, 3.63) is 77.6 Å². The first-order valence-corrected chi connectivity index (χ1v) is 12.8. The van der Waals surface area contributed by atoms with Gasteiger partial charge in [0.25, 0.3) is 5.91 Å². The van der Waals surface area contributed by atoms with Crippen molar-refractivity contribution in [3.63, 3.8) is 0 Å². The molecule has 3 heterocycles. The van der Waals surface area contributed by atoms with Crippen LogP contribution >= 0.6 is 0 Å². The molecule has 38 heavy (non-hydrogen) atoms. The second-order valence-electron chi connectivity index (χ2n) is 10.3. The zero-order chi connectivity index (χ0) is 26.4. The number of likely N-dealkylation sites (tertiary alicyclic amines) is 1. The third kappa shape index (κ3) is 4.51. The molecule has 0 spiro atoms. The fourth-order valence-electron chi connectivity index (χ4n) is 5.11. The molecule has 0 bridgehead atoms. The molecule has 2 aromatic carbocycles. The Labute approximate surface area is 219 Å². The van der Waals surface area contributed by atoms with E-state index in [2.05, 4.69) is 27.3 Å². The topological polar surface area (TPSA) is 72.3 Å². The molecule has 2 fully saturated rings. The van der Waals surface area contributed by atoms with Crippen LogP contribution in [0.2, 0.25) is 0 Å². The summed E-state index contributed by atoms with van der Waals surface area (Å²) in [5, 5.41) is 8.24. The number of rotatable bonds is 8. The van der Waals surface area contributed by atoms with Crippen LogP contribution in [0, 0.1) is 6.92 Å². The molecule has 1 aliphatic carbocycles. The molecule has 4 aromatic rings. The van der Waals surface area contributed by atoms with Crippen LogP contribution in [0.3, 0.4) is 0 Å². The Bertz CT molecular complexity index is 1510. The maximum Gasteiger partial charge on any atom is 0.333 e. The number of aromatic nitrogens is 3. The fraction of sp³-hybridized carbons (Fsp3) is 0.345. The van der Waals surface area contributed by atoms with Crippen LogP contribution in [0.5, 0.6) is 5.75 Å². The number of aryl methyl sites for hydroxylation is 1. The number of alkyl halides is 2. The Morgan fingerprint density at radius 2 is 2.05 bits per heavy atom. The average Bonchev–Trinajstić information content (AvgIpc) is 3.50. The number of hydrogen-bond acceptors (Lipinski definition) is 5. The number of likely N-dealkylation sites (N-methyl/N-ethyl adjacent to an activating group) is 1. The molecule has 7 nitrogen and oxygen atoms in total. The number of carbonyl (C=O) groups excluding carboxylic acids is 1. The van der Waals surface area contributed by atoms with Crippen molar-refractivity contribution in [2.75, 3.05) is 20.2 Å². The van der Waals surface area contributed by atoms with E-state index in [0.717, 1.165) is 47.8 Å². The number of pyridine rings is 1. The quantitative estimate of drug-likeness (QED) is 0.343. The summed E-state index contributed by atoms with van der Waals surface area (Å²) in [4.78, 5) is 20.3. The molecule has 1 saturated carbocycles. The lowest BCUT2D eigenvalue weighted by Gasteiger charge is -2.37. The minimum absolute atomic E-state index is 0.171. The summed E-state index contributed by atoms with van der Waals surface area (Å²) in [7, 11) is 2.08. The molecule has 1 saturated heterocycles. The number of benzene rings is 2. The highest BCUT2D eigenvalue weighted by atomic mass is 19.3. The van der Waals surface area contributed by atoms with Crippen molar-refractivity contribution >= 4 is 16.8 Å². The van der Waals surface area contributed by atoms with E-state index in [1.165, 1.54) is 6.20 Å². The first kappa shape index (κ1) is 24.5. The minimum atomic E-state index is -2.71. The molecule has 9 heteroatoms. The van der Waals surface area contributed by atoms with E-state index in [9.17, 15) is 13.6 Å². The summed E-state index contributed by atoms with van der Waals surface area (Å²) >= 11 is 0. The van der Waals surface area contributed by atoms with Crippen LogP contribution in [-0.2, 0) is 5.54 Å². The average molecular weight is 518 g/mol. The van der Waals surface area contributed by atoms with Gasteiger partial charge in [0.15, 0.2) is 0 Å². The first-order chi connectivity index (χ1) is 18.3. The van der Waals surface area contributed by atoms with Gasteiger partial charge in [0.2, 0.25) is 0 Å². The van der Waals surface area contributed by atoms with E-state index in [0.29, 0.717) is 39.9 Å². The Morgan fingerprint density at radius 1 is 1.21 bits per heavy atom. The first-order valence-electron chi connectivity index (χ1n) is 12.8. The van der Waals surface area contributed by atoms with Gasteiger partial charge < -0.3 is 10.1 Å². The van der Waals surface area contributed by atoms with E-state index in [1.54, 1.807) is 12.3 Å². The van der Waals surface area contributed by atoms with Gasteiger partial charge in [-0.1, -0.05) is 12.1 Å². The van der Waals surface area contributed by atoms with Crippen molar-refractivity contribution in [1.29, 1.82) is 0 Å². The number of ether oxygens (including phenoxy) is 1. The fourth-order valence-corrected chi connectivity index (χ4v) is 5.11. The van der Waals surface area contributed by atoms with E-state index >= 15 is 0 Å². The molecule has 1 N–H and O–H groups in total. The van der Waals surface area contributed by atoms with Gasteiger partial charge in [-0.15, -0.1) is 0 Å². The molecule has 2 aliphatic rings. The number of hydrogen-bond donors (Lipinski definition) is 1. The Kier molecular flexibility index (Phi) is 6.10. The molecule has 1 aliphatic heterocycles. The monoisotopic (exact) mass is 517 g/mol. The van der Waals surface area contributed by atoms with Crippen LogP contribution in [0.15, 0.2) is 60.9 Å². The standard InChI is InChI=1S/C29H29F2N5O2/c1-18-5-6-21(38-17-20-7-12-35(20)2)16-23(18)27(37)33-29(9-10-29)24-14-19(15-26-22(24)4-3-11-32-26)25-8-13-36(34-25)28(30)31/h3-6,8,11,13-16,20,28H,7,9-10,12,17H2,1-2H3,(H,33,37)/t20-/m0/s1. The van der Waals surface area contributed by atoms with Crippen LogP contribution < -0.4 is 10.1 Å². The molecule has 1 amide bonds. The molecular formula is C29H29F2N5O2. The van der Waals surface area contributed by atoms with Crippen LogP contribution in [-0.4, -0.2) is 51.8 Å². The maximum atomic E-state index is 13.6. The third-order valence-corrected chi connectivity index (χ3v) is 7.78. The highest BCUT2D eigenvalue weighted by Crippen LogP contribution is 2.49. The lowest BCUT2D eigenvalue weighted by molar-refractivity contribution is 0.0568. The third-order valence-electron chi connectivity index (χ3n) is 7.78.